The molecule has 3 aromatic heterocycles. The molecule has 0 aliphatic carbocycles. The number of aromatic nitrogens is 5. The van der Waals surface area contributed by atoms with Gasteiger partial charge < -0.3 is 4.74 Å². The second kappa shape index (κ2) is 6.11. The van der Waals surface area contributed by atoms with Crippen molar-refractivity contribution in [2.75, 3.05) is 0 Å². The quantitative estimate of drug-likeness (QED) is 0.654. The number of alkyl halides is 6. The van der Waals surface area contributed by atoms with Gasteiger partial charge in [-0.05, 0) is 25.1 Å². The summed E-state index contributed by atoms with van der Waals surface area (Å²) < 4.78 is 81.2. The molecule has 0 radical (unpaired) electrons. The van der Waals surface area contributed by atoms with Gasteiger partial charge in [-0.2, -0.15) is 36.0 Å². The average Bonchev–Trinajstić information content (AvgIpc) is 2.98. The molecule has 138 valence electrons. The van der Waals surface area contributed by atoms with Crippen molar-refractivity contribution in [1.82, 2.24) is 24.8 Å². The van der Waals surface area contributed by atoms with Gasteiger partial charge in [-0.25, -0.2) is 4.98 Å². The molecule has 0 fully saturated rings. The van der Waals surface area contributed by atoms with E-state index in [2.05, 4.69) is 25.0 Å². The third-order valence-corrected chi connectivity index (χ3v) is 3.31. The molecule has 0 aromatic carbocycles. The fourth-order valence-electron chi connectivity index (χ4n) is 1.97. The van der Waals surface area contributed by atoms with Crippen molar-refractivity contribution in [3.63, 3.8) is 0 Å². The van der Waals surface area contributed by atoms with Gasteiger partial charge >= 0.3 is 12.4 Å². The molecule has 3 rings (SSSR count). The molecule has 1 atom stereocenters. The van der Waals surface area contributed by atoms with E-state index in [9.17, 15) is 26.3 Å². The minimum Gasteiger partial charge on any atom is -0.465 e. The molecular weight excluding hydrogens is 368 g/mol. The minimum atomic E-state index is -4.74. The SMILES string of the molecule is C[C@H](Oc1ccc(-c2ccc3nnc(C(F)(F)F)n3n2)cn1)C(F)(F)F. The zero-order valence-electron chi connectivity index (χ0n) is 12.9. The maximum Gasteiger partial charge on any atom is 0.453 e. The van der Waals surface area contributed by atoms with Gasteiger partial charge in [0.05, 0.1) is 5.69 Å². The lowest BCUT2D eigenvalue weighted by atomic mass is 10.2. The van der Waals surface area contributed by atoms with Gasteiger partial charge in [0.25, 0.3) is 5.82 Å². The standard InChI is InChI=1S/C14H9F6N5O/c1-7(13(15,16)17)26-11-5-2-8(6-21-11)9-3-4-10-22-23-12(14(18,19)20)25(10)24-9/h2-7H,1H3/t7-/m0/s1. The van der Waals surface area contributed by atoms with Crippen LogP contribution >= 0.6 is 0 Å². The molecule has 3 heterocycles. The summed E-state index contributed by atoms with van der Waals surface area (Å²) in [5.74, 6) is -1.57. The molecule has 0 aliphatic heterocycles. The number of pyridine rings is 1. The summed E-state index contributed by atoms with van der Waals surface area (Å²) in [6.07, 6.45) is -10.2. The van der Waals surface area contributed by atoms with E-state index in [1.807, 2.05) is 0 Å². The Morgan fingerprint density at radius 2 is 1.73 bits per heavy atom. The number of fused-ring (bicyclic) bond motifs is 1. The minimum absolute atomic E-state index is 0.103. The van der Waals surface area contributed by atoms with Crippen molar-refractivity contribution in [2.24, 2.45) is 0 Å². The summed E-state index contributed by atoms with van der Waals surface area (Å²) >= 11 is 0. The number of ether oxygens (including phenoxy) is 1. The molecule has 0 bridgehead atoms. The Bertz CT molecular complexity index is 918. The molecule has 0 N–H and O–H groups in total. The van der Waals surface area contributed by atoms with Crippen LogP contribution in [0.1, 0.15) is 12.7 Å². The molecule has 0 saturated carbocycles. The van der Waals surface area contributed by atoms with Crippen LogP contribution in [0.2, 0.25) is 0 Å². The zero-order chi connectivity index (χ0) is 19.1. The van der Waals surface area contributed by atoms with E-state index in [4.69, 9.17) is 0 Å². The first-order chi connectivity index (χ1) is 12.1. The van der Waals surface area contributed by atoms with Gasteiger partial charge in [-0.15, -0.1) is 10.2 Å². The van der Waals surface area contributed by atoms with Gasteiger partial charge in [0, 0.05) is 17.8 Å². The lowest BCUT2D eigenvalue weighted by Gasteiger charge is -2.16. The maximum atomic E-state index is 12.9. The van der Waals surface area contributed by atoms with Gasteiger partial charge in [0.15, 0.2) is 11.8 Å². The molecule has 6 nitrogen and oxygen atoms in total. The van der Waals surface area contributed by atoms with Crippen LogP contribution in [0, 0.1) is 0 Å². The van der Waals surface area contributed by atoms with Gasteiger partial charge in [-0.3, -0.25) is 0 Å². The van der Waals surface area contributed by atoms with E-state index in [0.717, 1.165) is 13.1 Å². The Kier molecular flexibility index (Phi) is 4.20. The molecule has 26 heavy (non-hydrogen) atoms. The normalized spacial score (nSPS) is 13.8. The van der Waals surface area contributed by atoms with E-state index >= 15 is 0 Å². The van der Waals surface area contributed by atoms with Crippen molar-refractivity contribution in [2.45, 2.75) is 25.4 Å². The fraction of sp³-hybridized carbons (Fsp3) is 0.286. The molecule has 0 spiro atoms. The Hall–Kier alpha value is -2.92. The monoisotopic (exact) mass is 377 g/mol. The second-order valence-corrected chi connectivity index (χ2v) is 5.20. The van der Waals surface area contributed by atoms with Crippen LogP contribution in [0.3, 0.4) is 0 Å². The lowest BCUT2D eigenvalue weighted by molar-refractivity contribution is -0.189. The highest BCUT2D eigenvalue weighted by Crippen LogP contribution is 2.28. The molecule has 3 aromatic rings. The van der Waals surface area contributed by atoms with Crippen LogP contribution in [-0.4, -0.2) is 37.1 Å². The van der Waals surface area contributed by atoms with Gasteiger partial charge in [0.2, 0.25) is 5.88 Å². The summed E-state index contributed by atoms with van der Waals surface area (Å²) in [6.45, 7) is 0.829. The predicted molar refractivity (Wildman–Crippen MR) is 75.2 cm³/mol. The molecule has 0 unspecified atom stereocenters. The zero-order valence-corrected chi connectivity index (χ0v) is 12.9. The van der Waals surface area contributed by atoms with Crippen molar-refractivity contribution in [1.29, 1.82) is 0 Å². The first-order valence-corrected chi connectivity index (χ1v) is 7.05. The van der Waals surface area contributed by atoms with Gasteiger partial charge in [-0.1, -0.05) is 0 Å². The lowest BCUT2D eigenvalue weighted by Crippen LogP contribution is -2.31. The van der Waals surface area contributed by atoms with E-state index in [0.29, 0.717) is 4.52 Å². The highest BCUT2D eigenvalue weighted by atomic mass is 19.4. The number of hydrogen-bond donors (Lipinski definition) is 0. The third-order valence-electron chi connectivity index (χ3n) is 3.31. The maximum absolute atomic E-state index is 12.9. The Labute approximate surface area is 141 Å². The van der Waals surface area contributed by atoms with E-state index in [1.54, 1.807) is 0 Å². The summed E-state index contributed by atoms with van der Waals surface area (Å²) in [5, 5.41) is 10.2. The summed E-state index contributed by atoms with van der Waals surface area (Å²) in [4.78, 5) is 3.72. The topological polar surface area (TPSA) is 65.2 Å². The molecule has 12 heteroatoms. The van der Waals surface area contributed by atoms with Crippen molar-refractivity contribution < 1.29 is 31.1 Å². The molecule has 0 aliphatic rings. The Morgan fingerprint density at radius 1 is 1.00 bits per heavy atom. The molecule has 0 amide bonds. The Balaban J connectivity index is 1.90. The van der Waals surface area contributed by atoms with E-state index in [1.165, 1.54) is 24.3 Å². The highest BCUT2D eigenvalue weighted by Gasteiger charge is 2.38. The third kappa shape index (κ3) is 3.53. The molecule has 0 saturated heterocycles. The summed E-state index contributed by atoms with van der Waals surface area (Å²) in [5.41, 5.74) is 0.277. The first kappa shape index (κ1) is 17.9. The molecular formula is C14H9F6N5O. The smallest absolute Gasteiger partial charge is 0.453 e. The fourth-order valence-corrected chi connectivity index (χ4v) is 1.97. The van der Waals surface area contributed by atoms with E-state index in [-0.39, 0.29) is 22.8 Å². The van der Waals surface area contributed by atoms with Crippen LogP contribution < -0.4 is 4.74 Å². The van der Waals surface area contributed by atoms with Gasteiger partial charge in [0.1, 0.15) is 0 Å². The van der Waals surface area contributed by atoms with Crippen molar-refractivity contribution in [3.8, 4) is 17.1 Å². The average molecular weight is 377 g/mol. The second-order valence-electron chi connectivity index (χ2n) is 5.20. The van der Waals surface area contributed by atoms with Crippen molar-refractivity contribution in [3.05, 3.63) is 36.3 Å². The Morgan fingerprint density at radius 3 is 2.31 bits per heavy atom. The summed E-state index contributed by atoms with van der Waals surface area (Å²) in [7, 11) is 0. The number of nitrogens with zero attached hydrogens (tertiary/aromatic N) is 5. The van der Waals surface area contributed by atoms with Crippen LogP contribution in [-0.2, 0) is 6.18 Å². The highest BCUT2D eigenvalue weighted by molar-refractivity contribution is 5.59. The first-order valence-electron chi connectivity index (χ1n) is 7.05. The predicted octanol–water partition coefficient (Wildman–Crippen LogP) is 3.53. The van der Waals surface area contributed by atoms with Crippen LogP contribution in [0.15, 0.2) is 30.5 Å². The van der Waals surface area contributed by atoms with Crippen LogP contribution in [0.4, 0.5) is 26.3 Å². The largest absolute Gasteiger partial charge is 0.465 e. The summed E-state index contributed by atoms with van der Waals surface area (Å²) in [6, 6.07) is 5.16. The van der Waals surface area contributed by atoms with Crippen molar-refractivity contribution >= 4 is 5.65 Å². The van der Waals surface area contributed by atoms with Crippen LogP contribution in [0.5, 0.6) is 5.88 Å². The van der Waals surface area contributed by atoms with Crippen LogP contribution in [0.25, 0.3) is 16.9 Å². The van der Waals surface area contributed by atoms with E-state index < -0.39 is 24.3 Å². The number of halogens is 6. The number of rotatable bonds is 3. The number of hydrogen-bond acceptors (Lipinski definition) is 5.